The third kappa shape index (κ3) is 3.02. The molecule has 1 amide bonds. The molecule has 0 heterocycles. The van der Waals surface area contributed by atoms with Crippen molar-refractivity contribution in [1.29, 1.82) is 0 Å². The Bertz CT molecular complexity index is 578. The zero-order valence-electron chi connectivity index (χ0n) is 11.7. The van der Waals surface area contributed by atoms with Crippen LogP contribution >= 0.6 is 11.6 Å². The Hall–Kier alpha value is -1.62. The number of nitrogens with one attached hydrogen (secondary N) is 1. The van der Waals surface area contributed by atoms with E-state index in [0.717, 1.165) is 12.8 Å². The number of rotatable bonds is 3. The number of hydrogen-bond acceptors (Lipinski definition) is 2. The van der Waals surface area contributed by atoms with Crippen LogP contribution in [0.4, 0.5) is 4.39 Å². The first-order chi connectivity index (χ1) is 9.86. The van der Waals surface area contributed by atoms with Gasteiger partial charge in [0, 0.05) is 6.04 Å². The molecule has 2 rings (SSSR count). The molecule has 6 heteroatoms. The van der Waals surface area contributed by atoms with Gasteiger partial charge >= 0.3 is 5.97 Å². The van der Waals surface area contributed by atoms with Gasteiger partial charge in [-0.05, 0) is 31.9 Å². The summed E-state index contributed by atoms with van der Waals surface area (Å²) >= 11 is 5.66. The highest BCUT2D eigenvalue weighted by molar-refractivity contribution is 6.31. The van der Waals surface area contributed by atoms with Crippen molar-refractivity contribution in [3.63, 3.8) is 0 Å². The predicted octanol–water partition coefficient (Wildman–Crippen LogP) is 3.24. The second-order valence-electron chi connectivity index (χ2n) is 5.60. The van der Waals surface area contributed by atoms with Crippen LogP contribution in [0, 0.1) is 11.2 Å². The summed E-state index contributed by atoms with van der Waals surface area (Å²) in [6, 6.07) is 3.65. The highest BCUT2D eigenvalue weighted by atomic mass is 35.5. The highest BCUT2D eigenvalue weighted by Gasteiger charge is 2.44. The van der Waals surface area contributed by atoms with E-state index in [1.54, 1.807) is 6.92 Å². The lowest BCUT2D eigenvalue weighted by atomic mass is 9.71. The Morgan fingerprint density at radius 3 is 2.81 bits per heavy atom. The normalized spacial score (nSPS) is 25.4. The average molecular weight is 314 g/mol. The van der Waals surface area contributed by atoms with Crippen molar-refractivity contribution in [2.45, 2.75) is 38.6 Å². The SMILES string of the molecule is CC1(C(=O)O)CCCCC1NC(=O)c1cccc(Cl)c1F. The summed E-state index contributed by atoms with van der Waals surface area (Å²) in [6.07, 6.45) is 2.70. The summed E-state index contributed by atoms with van der Waals surface area (Å²) in [5, 5.41) is 11.9. The molecule has 1 saturated carbocycles. The molecule has 2 N–H and O–H groups in total. The summed E-state index contributed by atoms with van der Waals surface area (Å²) in [7, 11) is 0. The van der Waals surface area contributed by atoms with Crippen molar-refractivity contribution in [2.75, 3.05) is 0 Å². The van der Waals surface area contributed by atoms with Gasteiger partial charge in [0.05, 0.1) is 16.0 Å². The second kappa shape index (κ2) is 6.02. The van der Waals surface area contributed by atoms with Gasteiger partial charge < -0.3 is 10.4 Å². The molecule has 114 valence electrons. The number of carbonyl (C=O) groups excluding carboxylic acids is 1. The molecule has 21 heavy (non-hydrogen) atoms. The van der Waals surface area contributed by atoms with E-state index in [1.807, 2.05) is 0 Å². The zero-order valence-corrected chi connectivity index (χ0v) is 12.4. The van der Waals surface area contributed by atoms with Crippen molar-refractivity contribution in [3.8, 4) is 0 Å². The van der Waals surface area contributed by atoms with Gasteiger partial charge in [0.15, 0.2) is 5.82 Å². The van der Waals surface area contributed by atoms with Crippen LogP contribution in [0.25, 0.3) is 0 Å². The third-order valence-corrected chi connectivity index (χ3v) is 4.49. The number of carbonyl (C=O) groups is 2. The minimum absolute atomic E-state index is 0.132. The van der Waals surface area contributed by atoms with Gasteiger partial charge in [-0.3, -0.25) is 9.59 Å². The van der Waals surface area contributed by atoms with Crippen LogP contribution in [-0.4, -0.2) is 23.0 Å². The Balaban J connectivity index is 2.21. The van der Waals surface area contributed by atoms with Crippen LogP contribution in [-0.2, 0) is 4.79 Å². The van der Waals surface area contributed by atoms with Gasteiger partial charge in [-0.2, -0.15) is 0 Å². The monoisotopic (exact) mass is 313 g/mol. The molecular weight excluding hydrogens is 297 g/mol. The maximum absolute atomic E-state index is 13.8. The van der Waals surface area contributed by atoms with E-state index in [9.17, 15) is 19.1 Å². The number of hydrogen-bond donors (Lipinski definition) is 2. The van der Waals surface area contributed by atoms with E-state index in [-0.39, 0.29) is 10.6 Å². The van der Waals surface area contributed by atoms with E-state index in [1.165, 1.54) is 18.2 Å². The summed E-state index contributed by atoms with van der Waals surface area (Å²) in [4.78, 5) is 23.7. The Labute approximate surface area is 127 Å². The zero-order chi connectivity index (χ0) is 15.6. The number of carboxylic acids is 1. The molecule has 1 aliphatic rings. The average Bonchev–Trinajstić information content (AvgIpc) is 2.44. The molecule has 1 aliphatic carbocycles. The lowest BCUT2D eigenvalue weighted by molar-refractivity contribution is -0.151. The molecular formula is C15H17ClFNO3. The van der Waals surface area contributed by atoms with Crippen LogP contribution in [0.5, 0.6) is 0 Å². The summed E-state index contributed by atoms with van der Waals surface area (Å²) in [5.74, 6) is -2.36. The molecule has 0 aromatic heterocycles. The lowest BCUT2D eigenvalue weighted by Gasteiger charge is -2.38. The van der Waals surface area contributed by atoms with E-state index >= 15 is 0 Å². The van der Waals surface area contributed by atoms with Crippen LogP contribution in [0.15, 0.2) is 18.2 Å². The number of aliphatic carboxylic acids is 1. The molecule has 2 atom stereocenters. The molecule has 4 nitrogen and oxygen atoms in total. The van der Waals surface area contributed by atoms with Gasteiger partial charge in [-0.25, -0.2) is 4.39 Å². The minimum atomic E-state index is -1.02. The van der Waals surface area contributed by atoms with Gasteiger partial charge in [-0.1, -0.05) is 30.5 Å². The maximum Gasteiger partial charge on any atom is 0.311 e. The maximum atomic E-state index is 13.8. The Morgan fingerprint density at radius 1 is 1.43 bits per heavy atom. The van der Waals surface area contributed by atoms with Crippen molar-refractivity contribution < 1.29 is 19.1 Å². The summed E-state index contributed by atoms with van der Waals surface area (Å²) in [5.41, 5.74) is -1.19. The van der Waals surface area contributed by atoms with E-state index in [4.69, 9.17) is 11.6 Å². The van der Waals surface area contributed by atoms with Gasteiger partial charge in [0.25, 0.3) is 5.91 Å². The smallest absolute Gasteiger partial charge is 0.311 e. The van der Waals surface area contributed by atoms with Crippen molar-refractivity contribution in [2.24, 2.45) is 5.41 Å². The number of halogens is 2. The minimum Gasteiger partial charge on any atom is -0.481 e. The van der Waals surface area contributed by atoms with Gasteiger partial charge in [-0.15, -0.1) is 0 Å². The van der Waals surface area contributed by atoms with Crippen LogP contribution < -0.4 is 5.32 Å². The summed E-state index contributed by atoms with van der Waals surface area (Å²) in [6.45, 7) is 1.62. The van der Waals surface area contributed by atoms with Crippen LogP contribution in [0.2, 0.25) is 5.02 Å². The third-order valence-electron chi connectivity index (χ3n) is 4.20. The lowest BCUT2D eigenvalue weighted by Crippen LogP contribution is -2.52. The highest BCUT2D eigenvalue weighted by Crippen LogP contribution is 2.36. The van der Waals surface area contributed by atoms with Gasteiger partial charge in [0.2, 0.25) is 0 Å². The number of benzene rings is 1. The van der Waals surface area contributed by atoms with E-state index in [2.05, 4.69) is 5.32 Å². The first kappa shape index (κ1) is 15.8. The molecule has 0 bridgehead atoms. The van der Waals surface area contributed by atoms with Crippen molar-refractivity contribution in [1.82, 2.24) is 5.32 Å². The van der Waals surface area contributed by atoms with Crippen LogP contribution in [0.1, 0.15) is 43.0 Å². The molecule has 0 spiro atoms. The van der Waals surface area contributed by atoms with Crippen LogP contribution in [0.3, 0.4) is 0 Å². The Kier molecular flexibility index (Phi) is 4.52. The number of amides is 1. The quantitative estimate of drug-likeness (QED) is 0.900. The predicted molar refractivity (Wildman–Crippen MR) is 76.9 cm³/mol. The standard InChI is InChI=1S/C15H17ClFNO3/c1-15(14(20)21)8-3-2-7-11(15)18-13(19)9-5-4-6-10(16)12(9)17/h4-6,11H,2-3,7-8H2,1H3,(H,18,19)(H,20,21). The van der Waals surface area contributed by atoms with Gasteiger partial charge in [0.1, 0.15) is 0 Å². The van der Waals surface area contributed by atoms with E-state index < -0.39 is 29.2 Å². The fraction of sp³-hybridized carbons (Fsp3) is 0.467. The fourth-order valence-corrected chi connectivity index (χ4v) is 2.91. The second-order valence-corrected chi connectivity index (χ2v) is 6.00. The Morgan fingerprint density at radius 2 is 2.14 bits per heavy atom. The van der Waals surface area contributed by atoms with Crippen molar-refractivity contribution in [3.05, 3.63) is 34.6 Å². The number of carboxylic acid groups (broad SMARTS) is 1. The molecule has 0 aliphatic heterocycles. The summed E-state index contributed by atoms with van der Waals surface area (Å²) < 4.78 is 13.8. The van der Waals surface area contributed by atoms with Crippen molar-refractivity contribution >= 4 is 23.5 Å². The topological polar surface area (TPSA) is 66.4 Å². The molecule has 2 unspecified atom stereocenters. The largest absolute Gasteiger partial charge is 0.481 e. The molecule has 1 fully saturated rings. The molecule has 0 saturated heterocycles. The molecule has 1 aromatic carbocycles. The fourth-order valence-electron chi connectivity index (χ4n) is 2.74. The first-order valence-corrected chi connectivity index (χ1v) is 7.22. The molecule has 0 radical (unpaired) electrons. The molecule has 1 aromatic rings. The van der Waals surface area contributed by atoms with E-state index in [0.29, 0.717) is 12.8 Å². The first-order valence-electron chi connectivity index (χ1n) is 6.84.